The molecule has 1 aromatic heterocycles. The molecular weight excluding hydrogens is 460 g/mol. The number of thiocarbonyl (C=S) groups is 1. The lowest BCUT2D eigenvalue weighted by molar-refractivity contribution is 0.0975. The SMILES string of the molecule is CN1CCCN(C(=S)NC(=O)c2cc(-c3cccc(Br)c3)nc3ccccc23)CC1. The highest BCUT2D eigenvalue weighted by Gasteiger charge is 2.19. The summed E-state index contributed by atoms with van der Waals surface area (Å²) < 4.78 is 0.966. The Kier molecular flexibility index (Phi) is 6.41. The first-order valence-corrected chi connectivity index (χ1v) is 11.2. The standard InChI is InChI=1S/C23H23BrN4OS/c1-27-10-5-11-28(13-12-27)23(30)26-22(29)19-15-21(16-6-4-7-17(24)14-16)25-20-9-3-2-8-18(19)20/h2-4,6-9,14-15H,5,10-13H2,1H3,(H,26,29,30). The lowest BCUT2D eigenvalue weighted by Crippen LogP contribution is -2.44. The average Bonchev–Trinajstić information content (AvgIpc) is 2.97. The minimum atomic E-state index is -0.201. The fraction of sp³-hybridized carbons (Fsp3) is 0.261. The van der Waals surface area contributed by atoms with Gasteiger partial charge in [-0.05, 0) is 56.5 Å². The quantitative estimate of drug-likeness (QED) is 0.551. The maximum atomic E-state index is 13.2. The van der Waals surface area contributed by atoms with E-state index in [1.165, 1.54) is 0 Å². The summed E-state index contributed by atoms with van der Waals surface area (Å²) in [6.07, 6.45) is 1.03. The number of benzene rings is 2. The Hall–Kier alpha value is -2.35. The normalized spacial score (nSPS) is 15.1. The molecule has 3 aromatic rings. The van der Waals surface area contributed by atoms with Crippen molar-refractivity contribution in [3.8, 4) is 11.3 Å². The summed E-state index contributed by atoms with van der Waals surface area (Å²) in [5.41, 5.74) is 3.05. The molecular formula is C23H23BrN4OS. The van der Waals surface area contributed by atoms with Crippen LogP contribution in [0.15, 0.2) is 59.1 Å². The van der Waals surface area contributed by atoms with Crippen molar-refractivity contribution >= 4 is 50.1 Å². The van der Waals surface area contributed by atoms with Gasteiger partial charge in [-0.3, -0.25) is 10.1 Å². The third kappa shape index (κ3) is 4.69. The number of carbonyl (C=O) groups excluding carboxylic acids is 1. The Labute approximate surface area is 190 Å². The van der Waals surface area contributed by atoms with Gasteiger partial charge in [-0.1, -0.05) is 46.3 Å². The van der Waals surface area contributed by atoms with Crippen LogP contribution in [0.3, 0.4) is 0 Å². The zero-order chi connectivity index (χ0) is 21.1. The number of pyridine rings is 1. The molecule has 0 spiro atoms. The number of aromatic nitrogens is 1. The van der Waals surface area contributed by atoms with Gasteiger partial charge < -0.3 is 9.80 Å². The Morgan fingerprint density at radius 3 is 2.73 bits per heavy atom. The summed E-state index contributed by atoms with van der Waals surface area (Å²) in [7, 11) is 2.11. The second-order valence-electron chi connectivity index (χ2n) is 7.49. The average molecular weight is 483 g/mol. The number of para-hydroxylation sites is 1. The van der Waals surface area contributed by atoms with Crippen LogP contribution in [0.5, 0.6) is 0 Å². The van der Waals surface area contributed by atoms with Crippen molar-refractivity contribution in [1.29, 1.82) is 0 Å². The lowest BCUT2D eigenvalue weighted by Gasteiger charge is -2.23. The van der Waals surface area contributed by atoms with E-state index in [2.05, 4.69) is 38.1 Å². The van der Waals surface area contributed by atoms with Gasteiger partial charge in [0.1, 0.15) is 0 Å². The third-order valence-electron chi connectivity index (χ3n) is 5.31. The van der Waals surface area contributed by atoms with Crippen molar-refractivity contribution in [2.75, 3.05) is 33.2 Å². The van der Waals surface area contributed by atoms with Crippen LogP contribution in [-0.2, 0) is 0 Å². The zero-order valence-corrected chi connectivity index (χ0v) is 19.2. The molecule has 2 heterocycles. The van der Waals surface area contributed by atoms with Gasteiger partial charge in [-0.15, -0.1) is 0 Å². The predicted octanol–water partition coefficient (Wildman–Crippen LogP) is 4.32. The summed E-state index contributed by atoms with van der Waals surface area (Å²) >= 11 is 9.08. The number of rotatable bonds is 2. The van der Waals surface area contributed by atoms with Crippen LogP contribution in [0, 0.1) is 0 Å². The molecule has 0 saturated carbocycles. The molecule has 5 nitrogen and oxygen atoms in total. The number of nitrogens with one attached hydrogen (secondary N) is 1. The van der Waals surface area contributed by atoms with Crippen LogP contribution in [0.2, 0.25) is 0 Å². The van der Waals surface area contributed by atoms with Gasteiger partial charge in [-0.2, -0.15) is 0 Å². The summed E-state index contributed by atoms with van der Waals surface area (Å²) in [6, 6.07) is 17.5. The second kappa shape index (κ2) is 9.20. The van der Waals surface area contributed by atoms with E-state index in [1.54, 1.807) is 0 Å². The number of hydrogen-bond acceptors (Lipinski definition) is 4. The van der Waals surface area contributed by atoms with Crippen LogP contribution in [0.1, 0.15) is 16.8 Å². The molecule has 2 aromatic carbocycles. The van der Waals surface area contributed by atoms with Gasteiger partial charge in [-0.25, -0.2) is 4.98 Å². The fourth-order valence-electron chi connectivity index (χ4n) is 3.65. The van der Waals surface area contributed by atoms with Gasteiger partial charge in [0.05, 0.1) is 16.8 Å². The topological polar surface area (TPSA) is 48.5 Å². The molecule has 1 amide bonds. The predicted molar refractivity (Wildman–Crippen MR) is 129 cm³/mol. The molecule has 0 bridgehead atoms. The Morgan fingerprint density at radius 2 is 1.90 bits per heavy atom. The largest absolute Gasteiger partial charge is 0.348 e. The highest BCUT2D eigenvalue weighted by Crippen LogP contribution is 2.26. The monoisotopic (exact) mass is 482 g/mol. The van der Waals surface area contributed by atoms with Crippen LogP contribution < -0.4 is 5.32 Å². The number of halogens is 1. The highest BCUT2D eigenvalue weighted by molar-refractivity contribution is 9.10. The Morgan fingerprint density at radius 1 is 1.07 bits per heavy atom. The van der Waals surface area contributed by atoms with Crippen molar-refractivity contribution in [3.05, 3.63) is 64.6 Å². The Balaban J connectivity index is 1.65. The van der Waals surface area contributed by atoms with Crippen LogP contribution in [0.4, 0.5) is 0 Å². The van der Waals surface area contributed by atoms with E-state index in [1.807, 2.05) is 54.6 Å². The van der Waals surface area contributed by atoms with Gasteiger partial charge in [0.25, 0.3) is 5.91 Å². The highest BCUT2D eigenvalue weighted by atomic mass is 79.9. The van der Waals surface area contributed by atoms with E-state index in [9.17, 15) is 4.79 Å². The van der Waals surface area contributed by atoms with Gasteiger partial charge >= 0.3 is 0 Å². The van der Waals surface area contributed by atoms with E-state index in [4.69, 9.17) is 17.2 Å². The zero-order valence-electron chi connectivity index (χ0n) is 16.8. The first kappa shape index (κ1) is 20.9. The Bertz CT molecular complexity index is 1100. The summed E-state index contributed by atoms with van der Waals surface area (Å²) in [4.78, 5) is 22.4. The summed E-state index contributed by atoms with van der Waals surface area (Å²) in [5.74, 6) is -0.201. The molecule has 1 fully saturated rings. The molecule has 1 aliphatic heterocycles. The first-order valence-electron chi connectivity index (χ1n) is 9.96. The molecule has 1 saturated heterocycles. The number of nitrogens with zero attached hydrogens (tertiary/aromatic N) is 3. The molecule has 154 valence electrons. The van der Waals surface area contributed by atoms with Gasteiger partial charge in [0.15, 0.2) is 5.11 Å². The molecule has 4 rings (SSSR count). The van der Waals surface area contributed by atoms with Crippen LogP contribution in [-0.4, -0.2) is 59.0 Å². The smallest absolute Gasteiger partial charge is 0.258 e. The number of hydrogen-bond donors (Lipinski definition) is 1. The number of fused-ring (bicyclic) bond motifs is 1. The molecule has 0 radical (unpaired) electrons. The molecule has 1 aliphatic rings. The molecule has 30 heavy (non-hydrogen) atoms. The van der Waals surface area contributed by atoms with E-state index in [0.717, 1.165) is 59.2 Å². The van der Waals surface area contributed by atoms with Gasteiger partial charge in [0.2, 0.25) is 0 Å². The van der Waals surface area contributed by atoms with Crippen LogP contribution in [0.25, 0.3) is 22.2 Å². The first-order chi connectivity index (χ1) is 14.5. The molecule has 0 unspecified atom stereocenters. The minimum absolute atomic E-state index is 0.201. The number of likely N-dealkylation sites (N-methyl/N-ethyl adjacent to an activating group) is 1. The lowest BCUT2D eigenvalue weighted by atomic mass is 10.0. The number of amides is 1. The molecule has 7 heteroatoms. The van der Waals surface area contributed by atoms with Crippen molar-refractivity contribution < 1.29 is 4.79 Å². The molecule has 0 atom stereocenters. The van der Waals surface area contributed by atoms with Crippen molar-refractivity contribution in [1.82, 2.24) is 20.1 Å². The fourth-order valence-corrected chi connectivity index (χ4v) is 4.33. The summed E-state index contributed by atoms with van der Waals surface area (Å²) in [5, 5.41) is 4.25. The van der Waals surface area contributed by atoms with Crippen molar-refractivity contribution in [2.24, 2.45) is 0 Å². The van der Waals surface area contributed by atoms with Crippen molar-refractivity contribution in [2.45, 2.75) is 6.42 Å². The van der Waals surface area contributed by atoms with Crippen molar-refractivity contribution in [3.63, 3.8) is 0 Å². The third-order valence-corrected chi connectivity index (χ3v) is 6.16. The van der Waals surface area contributed by atoms with E-state index < -0.39 is 0 Å². The van der Waals surface area contributed by atoms with E-state index >= 15 is 0 Å². The molecule has 0 aliphatic carbocycles. The van der Waals surface area contributed by atoms with Gasteiger partial charge in [0, 0.05) is 35.1 Å². The number of carbonyl (C=O) groups is 1. The van der Waals surface area contributed by atoms with E-state index in [-0.39, 0.29) is 5.91 Å². The summed E-state index contributed by atoms with van der Waals surface area (Å²) in [6.45, 7) is 3.64. The maximum Gasteiger partial charge on any atom is 0.258 e. The maximum absolute atomic E-state index is 13.2. The van der Waals surface area contributed by atoms with E-state index in [0.29, 0.717) is 10.7 Å². The van der Waals surface area contributed by atoms with Crippen LogP contribution >= 0.6 is 28.1 Å². The second-order valence-corrected chi connectivity index (χ2v) is 8.79. The minimum Gasteiger partial charge on any atom is -0.348 e. The molecule has 1 N–H and O–H groups in total.